The van der Waals surface area contributed by atoms with Crippen molar-refractivity contribution in [1.82, 2.24) is 9.97 Å². The van der Waals surface area contributed by atoms with Crippen LogP contribution < -0.4 is 0 Å². The molecule has 0 spiro atoms. The number of aromatic nitrogens is 2. The Hall–Kier alpha value is -0.440. The zero-order valence-electron chi connectivity index (χ0n) is 17.9. The van der Waals surface area contributed by atoms with E-state index in [1.165, 1.54) is 116 Å². The van der Waals surface area contributed by atoms with Crippen molar-refractivity contribution in [2.24, 2.45) is 0 Å². The summed E-state index contributed by atoms with van der Waals surface area (Å²) in [6.45, 7) is 2.29. The van der Waals surface area contributed by atoms with E-state index in [9.17, 15) is 0 Å². The van der Waals surface area contributed by atoms with E-state index in [0.29, 0.717) is 4.73 Å². The molecule has 0 saturated heterocycles. The third kappa shape index (κ3) is 16.2. The summed E-state index contributed by atoms with van der Waals surface area (Å²) >= 11 is 3.33. The Labute approximate surface area is 177 Å². The second-order valence-corrected chi connectivity index (χ2v) is 8.79. The van der Waals surface area contributed by atoms with E-state index < -0.39 is 0 Å². The Bertz CT molecular complexity index is 436. The van der Waals surface area contributed by atoms with Gasteiger partial charge in [0, 0.05) is 11.9 Å². The average molecular weight is 440 g/mol. The monoisotopic (exact) mass is 438 g/mol. The molecule has 0 fully saturated rings. The van der Waals surface area contributed by atoms with Gasteiger partial charge in [0.1, 0.15) is 0 Å². The number of rotatable bonds is 19. The Morgan fingerprint density at radius 3 is 1.44 bits per heavy atom. The van der Waals surface area contributed by atoms with Crippen LogP contribution in [-0.2, 0) is 6.42 Å². The Kier molecular flexibility index (Phi) is 17.2. The highest BCUT2D eigenvalue weighted by Crippen LogP contribution is 2.15. The molecule has 0 radical (unpaired) electrons. The molecule has 1 rings (SSSR count). The van der Waals surface area contributed by atoms with Crippen molar-refractivity contribution in [3.63, 3.8) is 0 Å². The van der Waals surface area contributed by atoms with Gasteiger partial charge in [0.15, 0.2) is 4.73 Å². The second kappa shape index (κ2) is 18.9. The molecule has 1 aromatic rings. The normalized spacial score (nSPS) is 11.2. The number of hydrogen-bond donors (Lipinski definition) is 0. The van der Waals surface area contributed by atoms with Gasteiger partial charge in [-0.25, -0.2) is 9.97 Å². The first-order valence-electron chi connectivity index (χ1n) is 11.8. The number of halogens is 1. The van der Waals surface area contributed by atoms with Crippen molar-refractivity contribution in [1.29, 1.82) is 0 Å². The van der Waals surface area contributed by atoms with Crippen LogP contribution in [0.1, 0.15) is 128 Å². The minimum absolute atomic E-state index is 0.711. The first kappa shape index (κ1) is 24.6. The molecule has 0 aliphatic rings. The van der Waals surface area contributed by atoms with Crippen molar-refractivity contribution in [2.75, 3.05) is 0 Å². The molecule has 0 saturated carbocycles. The van der Waals surface area contributed by atoms with Crippen LogP contribution >= 0.6 is 15.9 Å². The molecule has 0 amide bonds. The smallest absolute Gasteiger partial charge is 0.196 e. The molecule has 0 unspecified atom stereocenters. The third-order valence-electron chi connectivity index (χ3n) is 5.47. The summed E-state index contributed by atoms with van der Waals surface area (Å²) in [6, 6.07) is 2.03. The number of aryl methyl sites for hydroxylation is 1. The summed E-state index contributed by atoms with van der Waals surface area (Å²) in [5.41, 5.74) is 1.16. The molecule has 0 aliphatic heterocycles. The van der Waals surface area contributed by atoms with Gasteiger partial charge in [-0.15, -0.1) is 0 Å². The quantitative estimate of drug-likeness (QED) is 0.159. The van der Waals surface area contributed by atoms with Crippen molar-refractivity contribution >= 4 is 15.9 Å². The predicted molar refractivity (Wildman–Crippen MR) is 122 cm³/mol. The topological polar surface area (TPSA) is 25.8 Å². The van der Waals surface area contributed by atoms with Gasteiger partial charge in [0.25, 0.3) is 0 Å². The van der Waals surface area contributed by atoms with Crippen molar-refractivity contribution in [3.05, 3.63) is 22.7 Å². The van der Waals surface area contributed by atoms with Gasteiger partial charge < -0.3 is 0 Å². The van der Waals surface area contributed by atoms with Crippen molar-refractivity contribution in [2.45, 2.75) is 129 Å². The summed E-state index contributed by atoms with van der Waals surface area (Å²) in [5, 5.41) is 0. The SMILES string of the molecule is CCCCCCCCCCCCCCCCCCCCc1ccnc(Br)n1. The third-order valence-corrected chi connectivity index (χ3v) is 5.85. The maximum Gasteiger partial charge on any atom is 0.196 e. The fraction of sp³-hybridized carbons (Fsp3) is 0.833. The lowest BCUT2D eigenvalue weighted by Gasteiger charge is -2.04. The Balaban J connectivity index is 1.72. The Morgan fingerprint density at radius 2 is 1.04 bits per heavy atom. The first-order chi connectivity index (χ1) is 13.3. The highest BCUT2D eigenvalue weighted by atomic mass is 79.9. The summed E-state index contributed by atoms with van der Waals surface area (Å²) < 4.78 is 0.711. The van der Waals surface area contributed by atoms with Gasteiger partial charge >= 0.3 is 0 Å². The van der Waals surface area contributed by atoms with E-state index in [0.717, 1.165) is 12.1 Å². The predicted octanol–water partition coefficient (Wildman–Crippen LogP) is 8.82. The standard InChI is InChI=1S/C24H43BrN2/c1-2-3-4-5-6-7-8-9-10-11-12-13-14-15-16-17-18-19-20-23-21-22-26-24(25)27-23/h21-22H,2-20H2,1H3. The highest BCUT2D eigenvalue weighted by Gasteiger charge is 1.98. The molecular weight excluding hydrogens is 396 g/mol. The Morgan fingerprint density at radius 1 is 0.630 bits per heavy atom. The minimum atomic E-state index is 0.711. The lowest BCUT2D eigenvalue weighted by Crippen LogP contribution is -1.92. The maximum absolute atomic E-state index is 4.39. The summed E-state index contributed by atoms with van der Waals surface area (Å²) in [4.78, 5) is 8.47. The molecule has 0 N–H and O–H groups in total. The van der Waals surface area contributed by atoms with Gasteiger partial charge in [0.2, 0.25) is 0 Å². The van der Waals surface area contributed by atoms with Crippen molar-refractivity contribution in [3.8, 4) is 0 Å². The molecule has 156 valence electrons. The second-order valence-electron chi connectivity index (χ2n) is 8.08. The van der Waals surface area contributed by atoms with Crippen LogP contribution in [0.5, 0.6) is 0 Å². The molecule has 0 atom stereocenters. The van der Waals surface area contributed by atoms with Crippen LogP contribution in [0.4, 0.5) is 0 Å². The summed E-state index contributed by atoms with van der Waals surface area (Å²) in [5.74, 6) is 0. The molecule has 0 aromatic carbocycles. The molecular formula is C24H43BrN2. The minimum Gasteiger partial charge on any atom is -0.231 e. The van der Waals surface area contributed by atoms with Gasteiger partial charge in [-0.05, 0) is 34.8 Å². The van der Waals surface area contributed by atoms with E-state index in [4.69, 9.17) is 0 Å². The van der Waals surface area contributed by atoms with E-state index in [2.05, 4.69) is 32.8 Å². The van der Waals surface area contributed by atoms with Gasteiger partial charge in [-0.1, -0.05) is 116 Å². The van der Waals surface area contributed by atoms with Crippen LogP contribution in [0.25, 0.3) is 0 Å². The molecule has 3 heteroatoms. The van der Waals surface area contributed by atoms with Crippen LogP contribution in [-0.4, -0.2) is 9.97 Å². The van der Waals surface area contributed by atoms with Crippen LogP contribution in [0.3, 0.4) is 0 Å². The molecule has 0 bridgehead atoms. The van der Waals surface area contributed by atoms with E-state index in [1.54, 1.807) is 0 Å². The summed E-state index contributed by atoms with van der Waals surface area (Å²) in [7, 11) is 0. The van der Waals surface area contributed by atoms with E-state index in [-0.39, 0.29) is 0 Å². The van der Waals surface area contributed by atoms with Gasteiger partial charge in [-0.3, -0.25) is 0 Å². The van der Waals surface area contributed by atoms with Gasteiger partial charge in [-0.2, -0.15) is 0 Å². The zero-order chi connectivity index (χ0) is 19.4. The fourth-order valence-electron chi connectivity index (χ4n) is 3.72. The maximum atomic E-state index is 4.39. The average Bonchev–Trinajstić information content (AvgIpc) is 2.67. The molecule has 1 aromatic heterocycles. The molecule has 1 heterocycles. The van der Waals surface area contributed by atoms with E-state index >= 15 is 0 Å². The summed E-state index contributed by atoms with van der Waals surface area (Å²) in [6.07, 6.45) is 28.6. The lowest BCUT2D eigenvalue weighted by atomic mass is 10.0. The molecule has 27 heavy (non-hydrogen) atoms. The largest absolute Gasteiger partial charge is 0.231 e. The fourth-order valence-corrected chi connectivity index (χ4v) is 4.06. The van der Waals surface area contributed by atoms with Gasteiger partial charge in [0.05, 0.1) is 0 Å². The lowest BCUT2D eigenvalue weighted by molar-refractivity contribution is 0.525. The highest BCUT2D eigenvalue weighted by molar-refractivity contribution is 9.10. The molecule has 0 aliphatic carbocycles. The van der Waals surface area contributed by atoms with Crippen LogP contribution in [0, 0.1) is 0 Å². The number of nitrogens with zero attached hydrogens (tertiary/aromatic N) is 2. The van der Waals surface area contributed by atoms with Crippen molar-refractivity contribution < 1.29 is 0 Å². The van der Waals surface area contributed by atoms with Crippen LogP contribution in [0.2, 0.25) is 0 Å². The molecule has 2 nitrogen and oxygen atoms in total. The van der Waals surface area contributed by atoms with E-state index in [1.807, 2.05) is 12.3 Å². The number of unbranched alkanes of at least 4 members (excludes halogenated alkanes) is 17. The zero-order valence-corrected chi connectivity index (χ0v) is 19.4. The number of hydrogen-bond acceptors (Lipinski definition) is 2. The van der Waals surface area contributed by atoms with Crippen LogP contribution in [0.15, 0.2) is 17.0 Å². The first-order valence-corrected chi connectivity index (χ1v) is 12.6.